The van der Waals surface area contributed by atoms with Gasteiger partial charge in [0.05, 0.1) is 16.0 Å². The van der Waals surface area contributed by atoms with Gasteiger partial charge >= 0.3 is 0 Å². The van der Waals surface area contributed by atoms with Crippen molar-refractivity contribution >= 4 is 26.0 Å². The van der Waals surface area contributed by atoms with E-state index in [1.54, 1.807) is 18.2 Å². The molecule has 1 saturated heterocycles. The molecule has 1 fully saturated rings. The first-order chi connectivity index (χ1) is 9.03. The molecule has 0 spiro atoms. The second kappa shape index (κ2) is 6.21. The minimum atomic E-state index is -3.47. The number of hydrogen-bond acceptors (Lipinski definition) is 4. The Morgan fingerprint density at radius 2 is 2.32 bits per heavy atom. The maximum Gasteiger partial charge on any atom is 0.240 e. The predicted octanol–water partition coefficient (Wildman–Crippen LogP) is 1.49. The highest BCUT2D eigenvalue weighted by Gasteiger charge is 2.23. The zero-order chi connectivity index (χ0) is 13.9. The lowest BCUT2D eigenvalue weighted by Gasteiger charge is -2.13. The van der Waals surface area contributed by atoms with Crippen molar-refractivity contribution in [2.24, 2.45) is 0 Å². The van der Waals surface area contributed by atoms with Gasteiger partial charge in [0.2, 0.25) is 10.0 Å². The predicted molar refractivity (Wildman–Crippen MR) is 76.9 cm³/mol. The lowest BCUT2D eigenvalue weighted by atomic mass is 10.3. The molecule has 1 aliphatic heterocycles. The summed E-state index contributed by atoms with van der Waals surface area (Å²) in [5, 5.41) is 3.13. The first-order valence-corrected chi connectivity index (χ1v) is 8.46. The molecule has 0 amide bonds. The third-order valence-electron chi connectivity index (χ3n) is 2.90. The van der Waals surface area contributed by atoms with Gasteiger partial charge in [-0.15, -0.1) is 0 Å². The summed E-state index contributed by atoms with van der Waals surface area (Å²) in [7, 11) is -3.47. The molecule has 0 bridgehead atoms. The minimum Gasteiger partial charge on any atom is -0.493 e. The van der Waals surface area contributed by atoms with Gasteiger partial charge in [-0.05, 0) is 54.0 Å². The fourth-order valence-electron chi connectivity index (χ4n) is 1.96. The van der Waals surface area contributed by atoms with E-state index in [4.69, 9.17) is 4.74 Å². The van der Waals surface area contributed by atoms with Crippen LogP contribution in [0.4, 0.5) is 0 Å². The first kappa shape index (κ1) is 14.8. The lowest BCUT2D eigenvalue weighted by molar-refractivity contribution is 0.338. The zero-order valence-corrected chi connectivity index (χ0v) is 13.1. The van der Waals surface area contributed by atoms with Crippen molar-refractivity contribution < 1.29 is 13.2 Å². The van der Waals surface area contributed by atoms with E-state index in [0.29, 0.717) is 23.4 Å². The van der Waals surface area contributed by atoms with Gasteiger partial charge in [0.15, 0.2) is 0 Å². The number of rotatable bonds is 5. The van der Waals surface area contributed by atoms with Crippen molar-refractivity contribution in [2.45, 2.75) is 24.3 Å². The van der Waals surface area contributed by atoms with Crippen LogP contribution in [0.1, 0.15) is 13.3 Å². The molecule has 0 aliphatic carbocycles. The molecule has 0 saturated carbocycles. The standard InChI is InChI=1S/C12H17BrN2O3S/c1-2-18-12-4-3-10(7-11(12)13)19(16,17)15-9-5-6-14-8-9/h3-4,7,9,14-15H,2,5-6,8H2,1H3. The Kier molecular flexibility index (Phi) is 4.83. The topological polar surface area (TPSA) is 67.4 Å². The second-order valence-electron chi connectivity index (χ2n) is 4.34. The Morgan fingerprint density at radius 3 is 2.89 bits per heavy atom. The number of halogens is 1. The van der Waals surface area contributed by atoms with Gasteiger partial charge in [-0.3, -0.25) is 0 Å². The fourth-order valence-corrected chi connectivity index (χ4v) is 3.91. The fraction of sp³-hybridized carbons (Fsp3) is 0.500. The molecule has 1 aromatic carbocycles. The summed E-state index contributed by atoms with van der Waals surface area (Å²) in [6.07, 6.45) is 0.817. The van der Waals surface area contributed by atoms with Gasteiger partial charge in [-0.2, -0.15) is 0 Å². The lowest BCUT2D eigenvalue weighted by Crippen LogP contribution is -2.36. The summed E-state index contributed by atoms with van der Waals surface area (Å²) < 4.78 is 33.1. The normalized spacial score (nSPS) is 19.6. The molecule has 19 heavy (non-hydrogen) atoms. The molecule has 0 aromatic heterocycles. The first-order valence-electron chi connectivity index (χ1n) is 6.18. The van der Waals surface area contributed by atoms with Crippen LogP contribution in [0.3, 0.4) is 0 Å². The van der Waals surface area contributed by atoms with E-state index in [9.17, 15) is 8.42 Å². The number of nitrogens with one attached hydrogen (secondary N) is 2. The summed E-state index contributed by atoms with van der Waals surface area (Å²) in [5.74, 6) is 0.643. The molecular weight excluding hydrogens is 332 g/mol. The molecule has 0 radical (unpaired) electrons. The van der Waals surface area contributed by atoms with E-state index >= 15 is 0 Å². The average molecular weight is 349 g/mol. The summed E-state index contributed by atoms with van der Waals surface area (Å²) in [6.45, 7) is 3.94. The van der Waals surface area contributed by atoms with Crippen molar-refractivity contribution in [1.82, 2.24) is 10.0 Å². The quantitative estimate of drug-likeness (QED) is 0.845. The van der Waals surface area contributed by atoms with Crippen LogP contribution < -0.4 is 14.8 Å². The molecule has 1 aliphatic rings. The van der Waals surface area contributed by atoms with Gasteiger partial charge in [-0.25, -0.2) is 13.1 Å². The van der Waals surface area contributed by atoms with Gasteiger partial charge in [-0.1, -0.05) is 0 Å². The van der Waals surface area contributed by atoms with Crippen molar-refractivity contribution in [1.29, 1.82) is 0 Å². The van der Waals surface area contributed by atoms with Crippen molar-refractivity contribution in [2.75, 3.05) is 19.7 Å². The third-order valence-corrected chi connectivity index (χ3v) is 5.03. The van der Waals surface area contributed by atoms with Crippen molar-refractivity contribution in [3.8, 4) is 5.75 Å². The van der Waals surface area contributed by atoms with Gasteiger partial charge in [0.25, 0.3) is 0 Å². The minimum absolute atomic E-state index is 0.0321. The van der Waals surface area contributed by atoms with Gasteiger partial charge in [0, 0.05) is 12.6 Å². The van der Waals surface area contributed by atoms with E-state index in [-0.39, 0.29) is 10.9 Å². The van der Waals surface area contributed by atoms with Crippen LogP contribution in [-0.4, -0.2) is 34.2 Å². The molecule has 1 unspecified atom stereocenters. The SMILES string of the molecule is CCOc1ccc(S(=O)(=O)NC2CCNC2)cc1Br. The van der Waals surface area contributed by atoms with Crippen LogP contribution >= 0.6 is 15.9 Å². The number of hydrogen-bond donors (Lipinski definition) is 2. The number of sulfonamides is 1. The highest BCUT2D eigenvalue weighted by molar-refractivity contribution is 9.10. The van der Waals surface area contributed by atoms with E-state index in [1.807, 2.05) is 6.92 Å². The summed E-state index contributed by atoms with van der Waals surface area (Å²) in [6, 6.07) is 4.75. The van der Waals surface area contributed by atoms with E-state index in [2.05, 4.69) is 26.0 Å². The average Bonchev–Trinajstić information content (AvgIpc) is 2.84. The van der Waals surface area contributed by atoms with Crippen molar-refractivity contribution in [3.63, 3.8) is 0 Å². The Labute approximate surface area is 121 Å². The Bertz CT molecular complexity index is 542. The van der Waals surface area contributed by atoms with Crippen molar-refractivity contribution in [3.05, 3.63) is 22.7 Å². The summed E-state index contributed by atoms with van der Waals surface area (Å²) >= 11 is 3.32. The van der Waals surface area contributed by atoms with Gasteiger partial charge in [0.1, 0.15) is 5.75 Å². The summed E-state index contributed by atoms with van der Waals surface area (Å²) in [5.41, 5.74) is 0. The highest BCUT2D eigenvalue weighted by Crippen LogP contribution is 2.27. The number of ether oxygens (including phenoxy) is 1. The van der Waals surface area contributed by atoms with E-state index in [1.165, 1.54) is 0 Å². The van der Waals surface area contributed by atoms with Crippen LogP contribution in [0.5, 0.6) is 5.75 Å². The monoisotopic (exact) mass is 348 g/mol. The van der Waals surface area contributed by atoms with Crippen LogP contribution in [-0.2, 0) is 10.0 Å². The molecule has 5 nitrogen and oxygen atoms in total. The van der Waals surface area contributed by atoms with Crippen LogP contribution in [0.2, 0.25) is 0 Å². The molecule has 2 N–H and O–H groups in total. The van der Waals surface area contributed by atoms with Crippen LogP contribution in [0.15, 0.2) is 27.6 Å². The van der Waals surface area contributed by atoms with Gasteiger partial charge < -0.3 is 10.1 Å². The maximum atomic E-state index is 12.2. The molecule has 7 heteroatoms. The Morgan fingerprint density at radius 1 is 1.53 bits per heavy atom. The zero-order valence-electron chi connectivity index (χ0n) is 10.6. The smallest absolute Gasteiger partial charge is 0.240 e. The largest absolute Gasteiger partial charge is 0.493 e. The molecule has 1 heterocycles. The second-order valence-corrected chi connectivity index (χ2v) is 6.90. The Balaban J connectivity index is 2.17. The molecular formula is C12H17BrN2O3S. The summed E-state index contributed by atoms with van der Waals surface area (Å²) in [4.78, 5) is 0.245. The van der Waals surface area contributed by atoms with Crippen LogP contribution in [0.25, 0.3) is 0 Å². The molecule has 2 rings (SSSR count). The molecule has 1 atom stereocenters. The number of benzene rings is 1. The molecule has 106 valence electrons. The molecule has 1 aromatic rings. The maximum absolute atomic E-state index is 12.2. The third kappa shape index (κ3) is 3.68. The van der Waals surface area contributed by atoms with Crippen LogP contribution in [0, 0.1) is 0 Å². The highest BCUT2D eigenvalue weighted by atomic mass is 79.9. The van der Waals surface area contributed by atoms with E-state index < -0.39 is 10.0 Å². The van der Waals surface area contributed by atoms with E-state index in [0.717, 1.165) is 13.0 Å². The Hall–Kier alpha value is -0.630.